The quantitative estimate of drug-likeness (QED) is 0.386. The third kappa shape index (κ3) is 4.25. The lowest BCUT2D eigenvalue weighted by molar-refractivity contribution is 0.00578. The van der Waals surface area contributed by atoms with E-state index in [-0.39, 0.29) is 22.0 Å². The molecule has 0 saturated carbocycles. The normalized spacial score (nSPS) is 21.5. The molecule has 2 heterocycles. The van der Waals surface area contributed by atoms with Gasteiger partial charge in [0.2, 0.25) is 0 Å². The van der Waals surface area contributed by atoms with Crippen molar-refractivity contribution in [3.63, 3.8) is 0 Å². The lowest BCUT2D eigenvalue weighted by atomic mass is 9.63. The molecule has 0 N–H and O–H groups in total. The first-order chi connectivity index (χ1) is 16.3. The first-order valence-corrected chi connectivity index (χ1v) is 12.9. The average Bonchev–Trinajstić information content (AvgIpc) is 3.04. The summed E-state index contributed by atoms with van der Waals surface area (Å²) in [7, 11) is -0.409. The van der Waals surface area contributed by atoms with Crippen LogP contribution in [0.15, 0.2) is 60.9 Å². The van der Waals surface area contributed by atoms with Gasteiger partial charge in [0, 0.05) is 12.4 Å². The van der Waals surface area contributed by atoms with E-state index in [4.69, 9.17) is 9.31 Å². The number of rotatable bonds is 3. The number of benzene rings is 2. The van der Waals surface area contributed by atoms with Gasteiger partial charge in [-0.25, -0.2) is 0 Å². The molecule has 182 valence electrons. The molecule has 3 aromatic rings. The molecule has 1 fully saturated rings. The molecule has 0 spiro atoms. The Morgan fingerprint density at radius 3 is 1.74 bits per heavy atom. The van der Waals surface area contributed by atoms with Crippen LogP contribution in [0.1, 0.15) is 79.4 Å². The minimum Gasteiger partial charge on any atom is -0.399 e. The first-order valence-electron chi connectivity index (χ1n) is 12.9. The van der Waals surface area contributed by atoms with Crippen LogP contribution in [0.5, 0.6) is 0 Å². The summed E-state index contributed by atoms with van der Waals surface area (Å²) < 4.78 is 12.9. The van der Waals surface area contributed by atoms with Gasteiger partial charge in [-0.3, -0.25) is 4.98 Å². The number of pyridine rings is 1. The number of hydrogen-bond donors (Lipinski definition) is 0. The minimum atomic E-state index is -0.409. The molecule has 0 unspecified atom stereocenters. The number of fused-ring (bicyclic) bond motifs is 1. The highest BCUT2D eigenvalue weighted by atomic mass is 16.7. The van der Waals surface area contributed by atoms with E-state index in [1.165, 1.54) is 35.1 Å². The summed E-state index contributed by atoms with van der Waals surface area (Å²) in [5.41, 5.74) is 8.31. The highest BCUT2D eigenvalue weighted by Gasteiger charge is 2.51. The standard InChI is InChI=1S/C31H38BNO2/c1-28(2)13-14-29(3,4)27-20-22(9-10-26(27)28)24-17-23(21-11-15-33-16-12-21)18-25(19-24)32-34-30(5,6)31(7,8)35-32/h9-12,15-20H,13-14H2,1-8H3. The SMILES string of the molecule is CC1(C)CCC(C)(C)c2cc(-c3cc(B4OC(C)(C)C(C)(C)O4)cc(-c4ccncc4)c3)ccc21. The van der Waals surface area contributed by atoms with Gasteiger partial charge in [-0.2, -0.15) is 0 Å². The molecule has 1 saturated heterocycles. The highest BCUT2D eigenvalue weighted by Crippen LogP contribution is 2.47. The molecular weight excluding hydrogens is 429 g/mol. The van der Waals surface area contributed by atoms with Crippen molar-refractivity contribution in [2.45, 2.75) is 90.3 Å². The predicted molar refractivity (Wildman–Crippen MR) is 146 cm³/mol. The molecule has 1 aliphatic carbocycles. The van der Waals surface area contributed by atoms with Gasteiger partial charge in [-0.15, -0.1) is 0 Å². The van der Waals surface area contributed by atoms with Crippen LogP contribution in [0.3, 0.4) is 0 Å². The van der Waals surface area contributed by atoms with Crippen LogP contribution in [0.4, 0.5) is 0 Å². The fraction of sp³-hybridized carbons (Fsp3) is 0.452. The molecule has 0 amide bonds. The minimum absolute atomic E-state index is 0.165. The summed E-state index contributed by atoms with van der Waals surface area (Å²) in [4.78, 5) is 4.22. The second-order valence-electron chi connectivity index (χ2n) is 12.7. The Labute approximate surface area is 211 Å². The lowest BCUT2D eigenvalue weighted by Crippen LogP contribution is -2.41. The molecule has 5 rings (SSSR count). The van der Waals surface area contributed by atoms with Crippen molar-refractivity contribution in [2.75, 3.05) is 0 Å². The van der Waals surface area contributed by atoms with Crippen molar-refractivity contribution >= 4 is 12.6 Å². The van der Waals surface area contributed by atoms with Crippen molar-refractivity contribution in [3.8, 4) is 22.3 Å². The molecule has 35 heavy (non-hydrogen) atoms. The van der Waals surface area contributed by atoms with Gasteiger partial charge in [-0.1, -0.05) is 58.0 Å². The van der Waals surface area contributed by atoms with E-state index in [0.717, 1.165) is 16.6 Å². The Morgan fingerprint density at radius 1 is 0.600 bits per heavy atom. The molecule has 1 aliphatic heterocycles. The Kier molecular flexibility index (Phi) is 5.58. The fourth-order valence-electron chi connectivity index (χ4n) is 5.41. The average molecular weight is 467 g/mol. The third-order valence-electron chi connectivity index (χ3n) is 8.68. The van der Waals surface area contributed by atoms with Crippen molar-refractivity contribution < 1.29 is 9.31 Å². The van der Waals surface area contributed by atoms with Crippen molar-refractivity contribution in [2.24, 2.45) is 0 Å². The highest BCUT2D eigenvalue weighted by molar-refractivity contribution is 6.62. The monoisotopic (exact) mass is 467 g/mol. The third-order valence-corrected chi connectivity index (χ3v) is 8.68. The van der Waals surface area contributed by atoms with E-state index in [1.807, 2.05) is 12.4 Å². The zero-order valence-electron chi connectivity index (χ0n) is 22.5. The van der Waals surface area contributed by atoms with E-state index in [2.05, 4.69) is 109 Å². The van der Waals surface area contributed by atoms with Crippen molar-refractivity contribution in [1.29, 1.82) is 0 Å². The number of nitrogens with zero attached hydrogens (tertiary/aromatic N) is 1. The van der Waals surface area contributed by atoms with Gasteiger partial charge < -0.3 is 9.31 Å². The van der Waals surface area contributed by atoms with Crippen LogP contribution >= 0.6 is 0 Å². The Balaban J connectivity index is 1.65. The molecule has 1 aromatic heterocycles. The molecule has 2 aromatic carbocycles. The molecule has 2 aliphatic rings. The Bertz CT molecular complexity index is 1240. The second kappa shape index (κ2) is 8.04. The summed E-state index contributed by atoms with van der Waals surface area (Å²) in [6, 6.07) is 17.9. The maximum absolute atomic E-state index is 6.45. The second-order valence-corrected chi connectivity index (χ2v) is 12.7. The van der Waals surface area contributed by atoms with E-state index >= 15 is 0 Å². The molecule has 4 heteroatoms. The van der Waals surface area contributed by atoms with Crippen LogP contribution in [0, 0.1) is 0 Å². The Hall–Kier alpha value is -2.43. The molecule has 3 nitrogen and oxygen atoms in total. The molecule has 0 radical (unpaired) electrons. The molecular formula is C31H38BNO2. The molecule has 0 atom stereocenters. The van der Waals surface area contributed by atoms with E-state index in [1.54, 1.807) is 0 Å². The van der Waals surface area contributed by atoms with E-state index < -0.39 is 7.12 Å². The topological polar surface area (TPSA) is 31.4 Å². The first kappa shape index (κ1) is 24.3. The summed E-state index contributed by atoms with van der Waals surface area (Å²) >= 11 is 0. The molecule has 0 bridgehead atoms. The zero-order valence-corrected chi connectivity index (χ0v) is 22.5. The van der Waals surface area contributed by atoms with Gasteiger partial charge in [0.25, 0.3) is 0 Å². The van der Waals surface area contributed by atoms with Crippen LogP contribution in [0.2, 0.25) is 0 Å². The van der Waals surface area contributed by atoms with Crippen molar-refractivity contribution in [1.82, 2.24) is 4.98 Å². The van der Waals surface area contributed by atoms with E-state index in [9.17, 15) is 0 Å². The maximum atomic E-state index is 6.45. The van der Waals surface area contributed by atoms with Gasteiger partial charge in [-0.05, 0) is 108 Å². The smallest absolute Gasteiger partial charge is 0.399 e. The van der Waals surface area contributed by atoms with E-state index in [0.29, 0.717) is 0 Å². The zero-order chi connectivity index (χ0) is 25.2. The van der Waals surface area contributed by atoms with Crippen LogP contribution in [-0.2, 0) is 20.1 Å². The number of hydrogen-bond acceptors (Lipinski definition) is 3. The Morgan fingerprint density at radius 2 is 1.14 bits per heavy atom. The largest absolute Gasteiger partial charge is 0.494 e. The van der Waals surface area contributed by atoms with Gasteiger partial charge in [0.1, 0.15) is 0 Å². The van der Waals surface area contributed by atoms with Crippen LogP contribution in [-0.4, -0.2) is 23.3 Å². The van der Waals surface area contributed by atoms with Crippen LogP contribution in [0.25, 0.3) is 22.3 Å². The fourth-order valence-corrected chi connectivity index (χ4v) is 5.41. The summed E-state index contributed by atoms with van der Waals surface area (Å²) in [5.74, 6) is 0. The summed E-state index contributed by atoms with van der Waals surface area (Å²) in [6.07, 6.45) is 6.11. The van der Waals surface area contributed by atoms with Gasteiger partial charge >= 0.3 is 7.12 Å². The van der Waals surface area contributed by atoms with Crippen LogP contribution < -0.4 is 5.46 Å². The predicted octanol–water partition coefficient (Wildman–Crippen LogP) is 7.06. The summed E-state index contributed by atoms with van der Waals surface area (Å²) in [5, 5.41) is 0. The van der Waals surface area contributed by atoms with Crippen molar-refractivity contribution in [3.05, 3.63) is 72.1 Å². The summed E-state index contributed by atoms with van der Waals surface area (Å²) in [6.45, 7) is 17.9. The number of aromatic nitrogens is 1. The lowest BCUT2D eigenvalue weighted by Gasteiger charge is -2.42. The van der Waals surface area contributed by atoms with Gasteiger partial charge in [0.15, 0.2) is 0 Å². The van der Waals surface area contributed by atoms with Gasteiger partial charge in [0.05, 0.1) is 11.2 Å². The maximum Gasteiger partial charge on any atom is 0.494 e.